The molecule has 0 spiro atoms. The summed E-state index contributed by atoms with van der Waals surface area (Å²) in [6.45, 7) is 3.98. The van der Waals surface area contributed by atoms with E-state index in [4.69, 9.17) is 0 Å². The van der Waals surface area contributed by atoms with E-state index in [1.807, 2.05) is 6.92 Å². The van der Waals surface area contributed by atoms with Crippen molar-refractivity contribution < 1.29 is 15.3 Å². The van der Waals surface area contributed by atoms with E-state index in [1.165, 1.54) is 0 Å². The summed E-state index contributed by atoms with van der Waals surface area (Å²) in [5.41, 5.74) is -1.31. The van der Waals surface area contributed by atoms with E-state index < -0.39 is 17.1 Å². The summed E-state index contributed by atoms with van der Waals surface area (Å²) in [6.07, 6.45) is 2.57. The molecule has 2 aliphatic carbocycles. The molecule has 0 aromatic rings. The fourth-order valence-corrected chi connectivity index (χ4v) is 3.64. The SMILES string of the molecule is C[C@H]1CC[C@@H](O)[C@@]2(C)C[C@H](O)CC[C@]12O. The Morgan fingerprint density at radius 3 is 2.47 bits per heavy atom. The lowest BCUT2D eigenvalue weighted by Gasteiger charge is -2.58. The lowest BCUT2D eigenvalue weighted by atomic mass is 9.52. The first-order valence-corrected chi connectivity index (χ1v) is 5.98. The van der Waals surface area contributed by atoms with E-state index in [9.17, 15) is 15.3 Å². The van der Waals surface area contributed by atoms with E-state index >= 15 is 0 Å². The number of rotatable bonds is 0. The first-order valence-electron chi connectivity index (χ1n) is 5.98. The van der Waals surface area contributed by atoms with Gasteiger partial charge in [-0.1, -0.05) is 13.8 Å². The summed E-state index contributed by atoms with van der Waals surface area (Å²) < 4.78 is 0. The maximum absolute atomic E-state index is 10.7. The number of hydrogen-bond donors (Lipinski definition) is 3. The molecule has 0 aromatic carbocycles. The van der Waals surface area contributed by atoms with Crippen LogP contribution >= 0.6 is 0 Å². The Labute approximate surface area is 91.1 Å². The predicted molar refractivity (Wildman–Crippen MR) is 57.3 cm³/mol. The van der Waals surface area contributed by atoms with Crippen molar-refractivity contribution in [1.82, 2.24) is 0 Å². The zero-order chi connectivity index (χ0) is 11.3. The average Bonchev–Trinajstić information content (AvgIpc) is 2.18. The van der Waals surface area contributed by atoms with Crippen LogP contribution in [0.2, 0.25) is 0 Å². The van der Waals surface area contributed by atoms with Gasteiger partial charge in [-0.3, -0.25) is 0 Å². The molecule has 0 amide bonds. The smallest absolute Gasteiger partial charge is 0.0753 e. The summed E-state index contributed by atoms with van der Waals surface area (Å²) in [6, 6.07) is 0. The lowest BCUT2D eigenvalue weighted by Crippen LogP contribution is -2.63. The zero-order valence-corrected chi connectivity index (χ0v) is 9.61. The van der Waals surface area contributed by atoms with Crippen molar-refractivity contribution >= 4 is 0 Å². The van der Waals surface area contributed by atoms with Gasteiger partial charge in [0.05, 0.1) is 17.8 Å². The number of hydrogen-bond acceptors (Lipinski definition) is 3. The number of aliphatic hydroxyl groups excluding tert-OH is 2. The normalized spacial score (nSPS) is 56.2. The van der Waals surface area contributed by atoms with Crippen LogP contribution < -0.4 is 0 Å². The van der Waals surface area contributed by atoms with Gasteiger partial charge in [-0.25, -0.2) is 0 Å². The van der Waals surface area contributed by atoms with Gasteiger partial charge in [0.2, 0.25) is 0 Å². The van der Waals surface area contributed by atoms with Crippen LogP contribution in [-0.4, -0.2) is 33.1 Å². The second-order valence-electron chi connectivity index (χ2n) is 5.73. The Morgan fingerprint density at radius 2 is 1.80 bits per heavy atom. The van der Waals surface area contributed by atoms with Gasteiger partial charge in [0.15, 0.2) is 0 Å². The molecule has 0 aliphatic heterocycles. The van der Waals surface area contributed by atoms with Gasteiger partial charge in [-0.15, -0.1) is 0 Å². The van der Waals surface area contributed by atoms with Crippen molar-refractivity contribution in [2.45, 2.75) is 63.8 Å². The van der Waals surface area contributed by atoms with E-state index in [1.54, 1.807) is 0 Å². The molecule has 3 N–H and O–H groups in total. The molecule has 0 aromatic heterocycles. The highest BCUT2D eigenvalue weighted by Crippen LogP contribution is 2.55. The van der Waals surface area contributed by atoms with Crippen LogP contribution in [0.5, 0.6) is 0 Å². The topological polar surface area (TPSA) is 60.7 Å². The van der Waals surface area contributed by atoms with Crippen molar-refractivity contribution in [2.75, 3.05) is 0 Å². The van der Waals surface area contributed by atoms with Crippen molar-refractivity contribution in [3.63, 3.8) is 0 Å². The third-order valence-corrected chi connectivity index (χ3v) is 4.93. The molecule has 15 heavy (non-hydrogen) atoms. The van der Waals surface area contributed by atoms with Crippen molar-refractivity contribution in [3.05, 3.63) is 0 Å². The minimum atomic E-state index is -0.788. The minimum Gasteiger partial charge on any atom is -0.393 e. The van der Waals surface area contributed by atoms with Crippen LogP contribution in [0.4, 0.5) is 0 Å². The van der Waals surface area contributed by atoms with E-state index in [0.29, 0.717) is 19.3 Å². The van der Waals surface area contributed by atoms with Crippen molar-refractivity contribution in [2.24, 2.45) is 11.3 Å². The molecule has 5 atom stereocenters. The van der Waals surface area contributed by atoms with Gasteiger partial charge in [0.1, 0.15) is 0 Å². The van der Waals surface area contributed by atoms with Crippen molar-refractivity contribution in [3.8, 4) is 0 Å². The third kappa shape index (κ3) is 1.44. The van der Waals surface area contributed by atoms with Crippen LogP contribution in [0.25, 0.3) is 0 Å². The molecule has 88 valence electrons. The van der Waals surface area contributed by atoms with E-state index in [-0.39, 0.29) is 12.0 Å². The summed E-state index contributed by atoms with van der Waals surface area (Å²) >= 11 is 0. The lowest BCUT2D eigenvalue weighted by molar-refractivity contribution is -0.225. The maximum atomic E-state index is 10.7. The molecule has 0 radical (unpaired) electrons. The van der Waals surface area contributed by atoms with Gasteiger partial charge in [0, 0.05) is 5.41 Å². The molecular formula is C12H22O3. The van der Waals surface area contributed by atoms with Crippen LogP contribution in [0.15, 0.2) is 0 Å². The second kappa shape index (κ2) is 3.44. The molecular weight excluding hydrogens is 192 g/mol. The molecule has 0 heterocycles. The zero-order valence-electron chi connectivity index (χ0n) is 9.61. The van der Waals surface area contributed by atoms with Gasteiger partial charge < -0.3 is 15.3 Å². The van der Waals surface area contributed by atoms with Crippen LogP contribution in [0.1, 0.15) is 46.0 Å². The Bertz CT molecular complexity index is 255. The van der Waals surface area contributed by atoms with Gasteiger partial charge >= 0.3 is 0 Å². The fraction of sp³-hybridized carbons (Fsp3) is 1.00. The van der Waals surface area contributed by atoms with Crippen LogP contribution in [-0.2, 0) is 0 Å². The third-order valence-electron chi connectivity index (χ3n) is 4.93. The molecule has 0 unspecified atom stereocenters. The average molecular weight is 214 g/mol. The Kier molecular flexibility index (Phi) is 2.61. The summed E-state index contributed by atoms with van der Waals surface area (Å²) in [7, 11) is 0. The van der Waals surface area contributed by atoms with Gasteiger partial charge in [-0.2, -0.15) is 0 Å². The van der Waals surface area contributed by atoms with Gasteiger partial charge in [-0.05, 0) is 38.0 Å². The Hall–Kier alpha value is -0.120. The largest absolute Gasteiger partial charge is 0.393 e. The predicted octanol–water partition coefficient (Wildman–Crippen LogP) is 1.06. The molecule has 0 bridgehead atoms. The highest BCUT2D eigenvalue weighted by molar-refractivity contribution is 5.09. The Morgan fingerprint density at radius 1 is 1.13 bits per heavy atom. The van der Waals surface area contributed by atoms with Crippen LogP contribution in [0, 0.1) is 11.3 Å². The Balaban J connectivity index is 2.34. The summed E-state index contributed by atoms with van der Waals surface area (Å²) in [5.74, 6) is 0.221. The highest BCUT2D eigenvalue weighted by Gasteiger charge is 2.59. The summed E-state index contributed by atoms with van der Waals surface area (Å²) in [4.78, 5) is 0. The number of aliphatic hydroxyl groups is 3. The van der Waals surface area contributed by atoms with E-state index in [2.05, 4.69) is 6.92 Å². The first kappa shape index (κ1) is 11.4. The number of fused-ring (bicyclic) bond motifs is 1. The molecule has 2 rings (SSSR count). The molecule has 3 nitrogen and oxygen atoms in total. The quantitative estimate of drug-likeness (QED) is 0.565. The first-order chi connectivity index (χ1) is 6.90. The maximum Gasteiger partial charge on any atom is 0.0753 e. The molecule has 3 heteroatoms. The monoisotopic (exact) mass is 214 g/mol. The minimum absolute atomic E-state index is 0.221. The molecule has 2 aliphatic rings. The molecule has 0 saturated heterocycles. The second-order valence-corrected chi connectivity index (χ2v) is 5.73. The molecule has 2 saturated carbocycles. The standard InChI is InChI=1S/C12H22O3/c1-8-3-4-10(14)11(2)7-9(13)5-6-12(8,11)15/h8-10,13-15H,3-7H2,1-2H3/t8-,9+,10+,11+,12-/m0/s1. The van der Waals surface area contributed by atoms with Gasteiger partial charge in [0.25, 0.3) is 0 Å². The van der Waals surface area contributed by atoms with Crippen molar-refractivity contribution in [1.29, 1.82) is 0 Å². The highest BCUT2D eigenvalue weighted by atomic mass is 16.3. The summed E-state index contributed by atoms with van der Waals surface area (Å²) in [5, 5.41) is 30.5. The fourth-order valence-electron chi connectivity index (χ4n) is 3.64. The van der Waals surface area contributed by atoms with E-state index in [0.717, 1.165) is 12.8 Å². The molecule has 2 fully saturated rings. The van der Waals surface area contributed by atoms with Crippen LogP contribution in [0.3, 0.4) is 0 Å².